The van der Waals surface area contributed by atoms with E-state index in [4.69, 9.17) is 11.6 Å². The Balaban J connectivity index is 1.99. The van der Waals surface area contributed by atoms with Crippen LogP contribution < -0.4 is 5.32 Å². The average Bonchev–Trinajstić information content (AvgIpc) is 2.48. The molecule has 1 saturated heterocycles. The van der Waals surface area contributed by atoms with Gasteiger partial charge in [0.25, 0.3) is 11.8 Å². The molecule has 2 amide bonds. The summed E-state index contributed by atoms with van der Waals surface area (Å²) >= 11 is 6.01. The summed E-state index contributed by atoms with van der Waals surface area (Å²) in [6, 6.07) is 6.86. The fourth-order valence-corrected chi connectivity index (χ4v) is 2.60. The van der Waals surface area contributed by atoms with Crippen LogP contribution in [-0.2, 0) is 4.79 Å². The minimum absolute atomic E-state index is 0.0647. The number of likely N-dealkylation sites (tertiary alicyclic amines) is 1. The summed E-state index contributed by atoms with van der Waals surface area (Å²) in [5, 5.41) is 3.36. The number of piperidine rings is 1. The number of rotatable bonds is 2. The molecule has 0 saturated carbocycles. The van der Waals surface area contributed by atoms with Crippen LogP contribution in [0.5, 0.6) is 0 Å². The van der Waals surface area contributed by atoms with Crippen molar-refractivity contribution < 1.29 is 9.59 Å². The third-order valence-corrected chi connectivity index (χ3v) is 3.72. The van der Waals surface area contributed by atoms with Crippen LogP contribution in [0.2, 0.25) is 5.02 Å². The van der Waals surface area contributed by atoms with E-state index in [2.05, 4.69) is 17.2 Å². The second-order valence-corrected chi connectivity index (χ2v) is 5.33. The van der Waals surface area contributed by atoms with E-state index in [0.717, 1.165) is 12.8 Å². The molecule has 1 heterocycles. The maximum Gasteiger partial charge on any atom is 0.298 e. The monoisotopic (exact) mass is 304 g/mol. The third kappa shape index (κ3) is 3.99. The number of benzene rings is 1. The Morgan fingerprint density at radius 2 is 2.14 bits per heavy atom. The van der Waals surface area contributed by atoms with Gasteiger partial charge in [-0.15, -0.1) is 0 Å². The van der Waals surface area contributed by atoms with Crippen LogP contribution in [0.3, 0.4) is 0 Å². The number of nitrogens with zero attached hydrogens (tertiary/aromatic N) is 1. The average molecular weight is 305 g/mol. The van der Waals surface area contributed by atoms with Crippen LogP contribution in [0.4, 0.5) is 0 Å². The van der Waals surface area contributed by atoms with Crippen molar-refractivity contribution in [2.24, 2.45) is 0 Å². The van der Waals surface area contributed by atoms with E-state index >= 15 is 0 Å². The maximum absolute atomic E-state index is 12.2. The quantitative estimate of drug-likeness (QED) is 0.851. The number of hydrogen-bond donors (Lipinski definition) is 1. The second-order valence-electron chi connectivity index (χ2n) is 4.92. The van der Waals surface area contributed by atoms with Gasteiger partial charge in [-0.25, -0.2) is 0 Å². The van der Waals surface area contributed by atoms with Gasteiger partial charge in [0.05, 0.1) is 10.6 Å². The van der Waals surface area contributed by atoms with Crippen molar-refractivity contribution >= 4 is 23.4 Å². The van der Waals surface area contributed by atoms with Gasteiger partial charge in [-0.05, 0) is 37.8 Å². The van der Waals surface area contributed by atoms with Gasteiger partial charge in [0, 0.05) is 19.1 Å². The van der Waals surface area contributed by atoms with Crippen LogP contribution in [0, 0.1) is 11.8 Å². The van der Waals surface area contributed by atoms with E-state index in [-0.39, 0.29) is 17.9 Å². The van der Waals surface area contributed by atoms with Crippen molar-refractivity contribution in [1.82, 2.24) is 10.2 Å². The number of hydrogen-bond acceptors (Lipinski definition) is 2. The molecule has 1 atom stereocenters. The van der Waals surface area contributed by atoms with Crippen LogP contribution >= 0.6 is 11.6 Å². The molecule has 1 aromatic carbocycles. The van der Waals surface area contributed by atoms with Gasteiger partial charge >= 0.3 is 0 Å². The Morgan fingerprint density at radius 3 is 2.86 bits per heavy atom. The summed E-state index contributed by atoms with van der Waals surface area (Å²) in [6.07, 6.45) is 1.70. The Kier molecular flexibility index (Phi) is 5.24. The molecule has 110 valence electrons. The Morgan fingerprint density at radius 1 is 1.38 bits per heavy atom. The first-order valence-electron chi connectivity index (χ1n) is 6.89. The largest absolute Gasteiger partial charge is 0.347 e. The normalized spacial score (nSPS) is 17.6. The predicted octanol–water partition coefficient (Wildman–Crippen LogP) is 2.08. The van der Waals surface area contributed by atoms with E-state index in [1.807, 2.05) is 0 Å². The highest BCUT2D eigenvalue weighted by atomic mass is 35.5. The number of halogens is 1. The summed E-state index contributed by atoms with van der Waals surface area (Å²) in [5.74, 6) is 4.75. The molecule has 1 N–H and O–H groups in total. The molecule has 0 bridgehead atoms. The Hall–Kier alpha value is -1.99. The van der Waals surface area contributed by atoms with E-state index in [1.54, 1.807) is 36.1 Å². The molecular formula is C16H17ClN2O2. The molecule has 1 aliphatic heterocycles. The van der Waals surface area contributed by atoms with Crippen LogP contribution in [-0.4, -0.2) is 35.8 Å². The molecule has 0 aliphatic carbocycles. The molecule has 0 aromatic heterocycles. The van der Waals surface area contributed by atoms with Crippen molar-refractivity contribution in [2.75, 3.05) is 13.1 Å². The summed E-state index contributed by atoms with van der Waals surface area (Å²) in [4.78, 5) is 25.7. The van der Waals surface area contributed by atoms with Crippen molar-refractivity contribution in [2.45, 2.75) is 25.8 Å². The fourth-order valence-electron chi connectivity index (χ4n) is 2.37. The topological polar surface area (TPSA) is 49.4 Å². The molecule has 1 fully saturated rings. The van der Waals surface area contributed by atoms with Gasteiger partial charge in [-0.1, -0.05) is 29.7 Å². The number of nitrogens with one attached hydrogen (secondary N) is 1. The molecule has 2 rings (SSSR count). The molecule has 1 aromatic rings. The summed E-state index contributed by atoms with van der Waals surface area (Å²) in [7, 11) is 0. The second kappa shape index (κ2) is 7.14. The van der Waals surface area contributed by atoms with Crippen LogP contribution in [0.15, 0.2) is 24.3 Å². The first kappa shape index (κ1) is 15.4. The number of carbonyl (C=O) groups is 2. The summed E-state index contributed by atoms with van der Waals surface area (Å²) < 4.78 is 0. The predicted molar refractivity (Wildman–Crippen MR) is 82.0 cm³/mol. The lowest BCUT2D eigenvalue weighted by molar-refractivity contribution is -0.126. The lowest BCUT2D eigenvalue weighted by Crippen LogP contribution is -2.49. The van der Waals surface area contributed by atoms with Crippen molar-refractivity contribution in [1.29, 1.82) is 0 Å². The van der Waals surface area contributed by atoms with E-state index in [0.29, 0.717) is 23.7 Å². The van der Waals surface area contributed by atoms with Gasteiger partial charge in [0.2, 0.25) is 0 Å². The molecule has 1 aliphatic rings. The molecule has 4 nitrogen and oxygen atoms in total. The van der Waals surface area contributed by atoms with E-state index in [1.165, 1.54) is 0 Å². The van der Waals surface area contributed by atoms with Gasteiger partial charge in [0.15, 0.2) is 0 Å². The third-order valence-electron chi connectivity index (χ3n) is 3.39. The minimum Gasteiger partial charge on any atom is -0.347 e. The van der Waals surface area contributed by atoms with Gasteiger partial charge < -0.3 is 10.2 Å². The van der Waals surface area contributed by atoms with Gasteiger partial charge in [-0.3, -0.25) is 9.59 Å². The molecule has 5 heteroatoms. The fraction of sp³-hybridized carbons (Fsp3) is 0.375. The maximum atomic E-state index is 12.2. The first-order chi connectivity index (χ1) is 10.1. The highest BCUT2D eigenvalue weighted by molar-refractivity contribution is 6.33. The van der Waals surface area contributed by atoms with Gasteiger partial charge in [0.1, 0.15) is 0 Å². The molecule has 1 unspecified atom stereocenters. The molecule has 21 heavy (non-hydrogen) atoms. The van der Waals surface area contributed by atoms with Crippen molar-refractivity contribution in [3.8, 4) is 11.8 Å². The minimum atomic E-state index is -0.207. The molecule has 0 spiro atoms. The highest BCUT2D eigenvalue weighted by Crippen LogP contribution is 2.16. The Labute approximate surface area is 129 Å². The van der Waals surface area contributed by atoms with E-state index < -0.39 is 0 Å². The number of carbonyl (C=O) groups excluding carboxylic acids is 2. The lowest BCUT2D eigenvalue weighted by atomic mass is 10.0. The van der Waals surface area contributed by atoms with Crippen molar-refractivity contribution in [3.05, 3.63) is 34.9 Å². The lowest BCUT2D eigenvalue weighted by Gasteiger charge is -2.32. The highest BCUT2D eigenvalue weighted by Gasteiger charge is 2.24. The van der Waals surface area contributed by atoms with E-state index in [9.17, 15) is 9.59 Å². The zero-order chi connectivity index (χ0) is 15.2. The van der Waals surface area contributed by atoms with Crippen LogP contribution in [0.25, 0.3) is 0 Å². The smallest absolute Gasteiger partial charge is 0.298 e. The Bertz CT molecular complexity index is 604. The van der Waals surface area contributed by atoms with Crippen LogP contribution in [0.1, 0.15) is 30.1 Å². The standard InChI is InChI=1S/C16H17ClN2O2/c1-2-6-15(20)19-10-5-7-12(11-19)18-16(21)13-8-3-4-9-14(13)17/h3-4,8-9,12H,5,7,10-11H2,1H3,(H,18,21). The van der Waals surface area contributed by atoms with Gasteiger partial charge in [-0.2, -0.15) is 0 Å². The zero-order valence-corrected chi connectivity index (χ0v) is 12.6. The summed E-state index contributed by atoms with van der Waals surface area (Å²) in [6.45, 7) is 2.81. The summed E-state index contributed by atoms with van der Waals surface area (Å²) in [5.41, 5.74) is 0.455. The number of amides is 2. The molecule has 0 radical (unpaired) electrons. The molecular weight excluding hydrogens is 288 g/mol. The van der Waals surface area contributed by atoms with Crippen molar-refractivity contribution in [3.63, 3.8) is 0 Å². The first-order valence-corrected chi connectivity index (χ1v) is 7.26. The zero-order valence-electron chi connectivity index (χ0n) is 11.9. The SMILES string of the molecule is CC#CC(=O)N1CCCC(NC(=O)c2ccccc2Cl)C1.